The quantitative estimate of drug-likeness (QED) is 0.663. The maximum Gasteiger partial charge on any atom is 0.272 e. The van der Waals surface area contributed by atoms with Crippen molar-refractivity contribution >= 4 is 51.5 Å². The average Bonchev–Trinajstić information content (AvgIpc) is 2.74. The van der Waals surface area contributed by atoms with Gasteiger partial charge in [-0.15, -0.1) is 0 Å². The number of amides is 1. The molecule has 0 radical (unpaired) electrons. The molecule has 0 aliphatic carbocycles. The topological polar surface area (TPSA) is 54.5 Å². The molecule has 7 heteroatoms. The number of carbonyl (C=O) groups is 1. The number of fused-ring (bicyclic) bond motifs is 1. The lowest BCUT2D eigenvalue weighted by atomic mass is 10.1. The number of carbonyl (C=O) groups excluding carboxylic acids is 1. The Labute approximate surface area is 173 Å². The van der Waals surface area contributed by atoms with E-state index in [4.69, 9.17) is 16.3 Å². The van der Waals surface area contributed by atoms with Crippen molar-refractivity contribution in [2.45, 2.75) is 0 Å². The van der Waals surface area contributed by atoms with Gasteiger partial charge in [-0.25, -0.2) is 4.98 Å². The molecule has 0 unspecified atom stereocenters. The van der Waals surface area contributed by atoms with E-state index in [2.05, 4.69) is 10.3 Å². The lowest BCUT2D eigenvalue weighted by molar-refractivity contribution is 0.0767. The molecular weight excluding hydrogens is 394 g/mol. The van der Waals surface area contributed by atoms with Crippen LogP contribution in [-0.2, 0) is 0 Å². The molecule has 2 heterocycles. The van der Waals surface area contributed by atoms with Gasteiger partial charge in [0.25, 0.3) is 5.91 Å². The highest BCUT2D eigenvalue weighted by Crippen LogP contribution is 2.31. The molecule has 1 aromatic heterocycles. The molecule has 0 atom stereocenters. The normalized spacial score (nSPS) is 14.1. The van der Waals surface area contributed by atoms with Gasteiger partial charge in [-0.2, -0.15) is 11.8 Å². The second-order valence-electron chi connectivity index (χ2n) is 6.45. The minimum atomic E-state index is -0.0260. The summed E-state index contributed by atoms with van der Waals surface area (Å²) >= 11 is 8.13. The molecule has 1 aliphatic rings. The standard InChI is InChI=1S/C21H20ClN3O2S/c1-27-20-7-6-14(12-16(20)22)23-18-13-19(21(26)25-8-10-28-11-9-25)24-17-5-3-2-4-15(17)18/h2-7,12-13H,8-11H2,1H3,(H,23,24). The Morgan fingerprint density at radius 2 is 1.96 bits per heavy atom. The maximum atomic E-state index is 13.0. The van der Waals surface area contributed by atoms with Crippen molar-refractivity contribution in [2.24, 2.45) is 0 Å². The maximum absolute atomic E-state index is 13.0. The summed E-state index contributed by atoms with van der Waals surface area (Å²) in [5.74, 6) is 2.52. The van der Waals surface area contributed by atoms with Crippen molar-refractivity contribution in [2.75, 3.05) is 37.0 Å². The van der Waals surface area contributed by atoms with Crippen molar-refractivity contribution in [1.82, 2.24) is 9.88 Å². The first-order valence-electron chi connectivity index (χ1n) is 9.03. The highest BCUT2D eigenvalue weighted by Gasteiger charge is 2.21. The Balaban J connectivity index is 1.72. The smallest absolute Gasteiger partial charge is 0.272 e. The van der Waals surface area contributed by atoms with E-state index in [9.17, 15) is 4.79 Å². The van der Waals surface area contributed by atoms with Crippen LogP contribution in [0.1, 0.15) is 10.5 Å². The second kappa shape index (κ2) is 8.29. The fraction of sp³-hybridized carbons (Fsp3) is 0.238. The van der Waals surface area contributed by atoms with Gasteiger partial charge >= 0.3 is 0 Å². The largest absolute Gasteiger partial charge is 0.495 e. The summed E-state index contributed by atoms with van der Waals surface area (Å²) in [6.07, 6.45) is 0. The third-order valence-corrected chi connectivity index (χ3v) is 5.90. The SMILES string of the molecule is COc1ccc(Nc2cc(C(=O)N3CCSCC3)nc3ccccc23)cc1Cl. The van der Waals surface area contributed by atoms with E-state index >= 15 is 0 Å². The van der Waals surface area contributed by atoms with Crippen LogP contribution >= 0.6 is 23.4 Å². The van der Waals surface area contributed by atoms with E-state index < -0.39 is 0 Å². The minimum Gasteiger partial charge on any atom is -0.495 e. The van der Waals surface area contributed by atoms with Gasteiger partial charge in [-0.3, -0.25) is 4.79 Å². The number of nitrogens with zero attached hydrogens (tertiary/aromatic N) is 2. The van der Waals surface area contributed by atoms with Crippen LogP contribution < -0.4 is 10.1 Å². The van der Waals surface area contributed by atoms with Crippen molar-refractivity contribution in [3.63, 3.8) is 0 Å². The van der Waals surface area contributed by atoms with Gasteiger partial charge in [0.2, 0.25) is 0 Å². The van der Waals surface area contributed by atoms with Crippen LogP contribution in [0, 0.1) is 0 Å². The highest BCUT2D eigenvalue weighted by molar-refractivity contribution is 7.99. The van der Waals surface area contributed by atoms with Crippen molar-refractivity contribution in [3.05, 3.63) is 59.2 Å². The number of hydrogen-bond donors (Lipinski definition) is 1. The Morgan fingerprint density at radius 1 is 1.18 bits per heavy atom. The summed E-state index contributed by atoms with van der Waals surface area (Å²) < 4.78 is 5.22. The third kappa shape index (κ3) is 3.88. The number of anilines is 2. The lowest BCUT2D eigenvalue weighted by Gasteiger charge is -2.26. The Hall–Kier alpha value is -2.44. The summed E-state index contributed by atoms with van der Waals surface area (Å²) in [4.78, 5) is 19.5. The van der Waals surface area contributed by atoms with E-state index in [0.717, 1.165) is 46.9 Å². The van der Waals surface area contributed by atoms with Crippen molar-refractivity contribution < 1.29 is 9.53 Å². The molecule has 1 amide bonds. The van der Waals surface area contributed by atoms with Crippen molar-refractivity contribution in [1.29, 1.82) is 0 Å². The first-order valence-corrected chi connectivity index (χ1v) is 10.6. The molecule has 144 valence electrons. The molecular formula is C21H20ClN3O2S. The number of pyridine rings is 1. The van der Waals surface area contributed by atoms with E-state index in [1.807, 2.05) is 59.1 Å². The molecule has 0 saturated carbocycles. The van der Waals surface area contributed by atoms with Gasteiger partial charge in [0.15, 0.2) is 0 Å². The van der Waals surface area contributed by atoms with Gasteiger partial charge in [-0.05, 0) is 30.3 Å². The molecule has 1 N–H and O–H groups in total. The molecule has 0 spiro atoms. The second-order valence-corrected chi connectivity index (χ2v) is 8.08. The first kappa shape index (κ1) is 18.9. The van der Waals surface area contributed by atoms with Crippen LogP contribution in [0.5, 0.6) is 5.75 Å². The molecule has 3 aromatic rings. The summed E-state index contributed by atoms with van der Waals surface area (Å²) in [6, 6.07) is 15.1. The fourth-order valence-electron chi connectivity index (χ4n) is 3.22. The zero-order chi connectivity index (χ0) is 19.5. The van der Waals surface area contributed by atoms with E-state index in [-0.39, 0.29) is 5.91 Å². The number of thioether (sulfide) groups is 1. The van der Waals surface area contributed by atoms with E-state index in [1.165, 1.54) is 0 Å². The molecule has 1 fully saturated rings. The van der Waals surface area contributed by atoms with Gasteiger partial charge in [0, 0.05) is 35.7 Å². The monoisotopic (exact) mass is 413 g/mol. The predicted molar refractivity (Wildman–Crippen MR) is 116 cm³/mol. The number of nitrogens with one attached hydrogen (secondary N) is 1. The summed E-state index contributed by atoms with van der Waals surface area (Å²) in [5, 5.41) is 4.85. The molecule has 28 heavy (non-hydrogen) atoms. The highest BCUT2D eigenvalue weighted by atomic mass is 35.5. The Morgan fingerprint density at radius 3 is 2.71 bits per heavy atom. The van der Waals surface area contributed by atoms with Gasteiger partial charge in [0.1, 0.15) is 11.4 Å². The fourth-order valence-corrected chi connectivity index (χ4v) is 4.38. The number of para-hydroxylation sites is 1. The van der Waals surface area contributed by atoms with Crippen molar-refractivity contribution in [3.8, 4) is 5.75 Å². The number of benzene rings is 2. The van der Waals surface area contributed by atoms with Gasteiger partial charge in [-0.1, -0.05) is 29.8 Å². The summed E-state index contributed by atoms with van der Waals surface area (Å²) in [5.41, 5.74) is 2.87. The number of hydrogen-bond acceptors (Lipinski definition) is 5. The minimum absolute atomic E-state index is 0.0260. The van der Waals surface area contributed by atoms with Crippen LogP contribution in [0.25, 0.3) is 10.9 Å². The van der Waals surface area contributed by atoms with Gasteiger partial charge in [0.05, 0.1) is 23.3 Å². The average molecular weight is 414 g/mol. The molecule has 0 bridgehead atoms. The number of methoxy groups -OCH3 is 1. The number of rotatable bonds is 4. The van der Waals surface area contributed by atoms with Crippen LogP contribution in [0.4, 0.5) is 11.4 Å². The van der Waals surface area contributed by atoms with E-state index in [1.54, 1.807) is 13.2 Å². The summed E-state index contributed by atoms with van der Waals surface area (Å²) in [6.45, 7) is 1.52. The lowest BCUT2D eigenvalue weighted by Crippen LogP contribution is -2.38. The Kier molecular flexibility index (Phi) is 5.59. The third-order valence-electron chi connectivity index (χ3n) is 4.66. The summed E-state index contributed by atoms with van der Waals surface area (Å²) in [7, 11) is 1.58. The number of halogens is 1. The zero-order valence-electron chi connectivity index (χ0n) is 15.4. The zero-order valence-corrected chi connectivity index (χ0v) is 17.0. The number of aromatic nitrogens is 1. The van der Waals surface area contributed by atoms with Crippen LogP contribution in [0.2, 0.25) is 5.02 Å². The predicted octanol–water partition coefficient (Wildman–Crippen LogP) is 4.83. The van der Waals surface area contributed by atoms with Crippen LogP contribution in [-0.4, -0.2) is 47.5 Å². The molecule has 1 aliphatic heterocycles. The van der Waals surface area contributed by atoms with Crippen LogP contribution in [0.3, 0.4) is 0 Å². The van der Waals surface area contributed by atoms with Crippen LogP contribution in [0.15, 0.2) is 48.5 Å². The Bertz CT molecular complexity index is 1020. The van der Waals surface area contributed by atoms with E-state index in [0.29, 0.717) is 16.5 Å². The first-order chi connectivity index (χ1) is 13.7. The molecule has 4 rings (SSSR count). The molecule has 5 nitrogen and oxygen atoms in total. The molecule has 2 aromatic carbocycles. The number of ether oxygens (including phenoxy) is 1. The molecule has 1 saturated heterocycles. The van der Waals surface area contributed by atoms with Gasteiger partial charge < -0.3 is 15.0 Å².